The van der Waals surface area contributed by atoms with E-state index < -0.39 is 24.1 Å². The van der Waals surface area contributed by atoms with Crippen LogP contribution < -0.4 is 10.6 Å². The predicted octanol–water partition coefficient (Wildman–Crippen LogP) is 3.02. The van der Waals surface area contributed by atoms with Crippen molar-refractivity contribution in [3.05, 3.63) is 48.6 Å². The summed E-state index contributed by atoms with van der Waals surface area (Å²) in [5.74, 6) is -1.16. The third-order valence-electron chi connectivity index (χ3n) is 3.20. The second-order valence-electron chi connectivity index (χ2n) is 5.90. The molecule has 0 aromatic heterocycles. The molecular weight excluding hydrogens is 396 g/mol. The van der Waals surface area contributed by atoms with E-state index in [2.05, 4.69) is 23.8 Å². The number of nitrogens with one attached hydrogen (secondary N) is 2. The van der Waals surface area contributed by atoms with Crippen molar-refractivity contribution in [2.24, 2.45) is 0 Å². The Kier molecular flexibility index (Phi) is 10.2. The number of carbonyl (C=O) groups is 4. The zero-order chi connectivity index (χ0) is 22.5. The van der Waals surface area contributed by atoms with Gasteiger partial charge in [-0.05, 0) is 26.0 Å². The van der Waals surface area contributed by atoms with Gasteiger partial charge >= 0.3 is 24.1 Å². The van der Waals surface area contributed by atoms with Gasteiger partial charge in [-0.3, -0.25) is 10.6 Å². The normalized spacial score (nSPS) is 9.67. The molecule has 0 aliphatic carbocycles. The minimum atomic E-state index is -0.810. The minimum absolute atomic E-state index is 0.124. The first-order valence-electron chi connectivity index (χ1n) is 8.82. The lowest BCUT2D eigenvalue weighted by Crippen LogP contribution is -2.21. The Morgan fingerprint density at radius 1 is 0.700 bits per heavy atom. The number of esters is 2. The lowest BCUT2D eigenvalue weighted by molar-refractivity contribution is -0.140. The van der Waals surface area contributed by atoms with Crippen LogP contribution in [0.2, 0.25) is 0 Å². The monoisotopic (exact) mass is 420 g/mol. The molecule has 0 bridgehead atoms. The standard InChI is InChI=1S/C20H24N2O8/c1-13(2)17(23)27-9-11-29-19(25)21-15-7-5-6-8-16(15)22-20(26)30-12-10-28-18(24)14(3)4/h5-8H,1,3,9-12H2,2,4H3,(H,21,25)(H,22,26). The molecule has 30 heavy (non-hydrogen) atoms. The van der Waals surface area contributed by atoms with Gasteiger partial charge in [-0.2, -0.15) is 0 Å². The van der Waals surface area contributed by atoms with Crippen molar-refractivity contribution < 1.29 is 38.1 Å². The minimum Gasteiger partial charge on any atom is -0.459 e. The first kappa shape index (κ1) is 24.2. The number of hydrogen-bond acceptors (Lipinski definition) is 8. The van der Waals surface area contributed by atoms with E-state index >= 15 is 0 Å². The third kappa shape index (κ3) is 9.40. The molecule has 10 heteroatoms. The second-order valence-corrected chi connectivity index (χ2v) is 5.90. The van der Waals surface area contributed by atoms with Crippen LogP contribution in [-0.4, -0.2) is 50.6 Å². The number of benzene rings is 1. The van der Waals surface area contributed by atoms with Crippen LogP contribution in [0, 0.1) is 0 Å². The molecule has 0 heterocycles. The van der Waals surface area contributed by atoms with Crippen molar-refractivity contribution >= 4 is 35.5 Å². The zero-order valence-electron chi connectivity index (χ0n) is 16.8. The molecule has 2 amide bonds. The second kappa shape index (κ2) is 12.6. The Bertz CT molecular complexity index is 752. The molecule has 0 saturated heterocycles. The van der Waals surface area contributed by atoms with Crippen LogP contribution in [0.5, 0.6) is 0 Å². The Labute approximate surface area is 173 Å². The highest BCUT2D eigenvalue weighted by Gasteiger charge is 2.12. The summed E-state index contributed by atoms with van der Waals surface area (Å²) < 4.78 is 19.4. The van der Waals surface area contributed by atoms with Crippen molar-refractivity contribution in [1.82, 2.24) is 0 Å². The number of rotatable bonds is 10. The molecule has 0 radical (unpaired) electrons. The average molecular weight is 420 g/mol. The molecule has 10 nitrogen and oxygen atoms in total. The summed E-state index contributed by atoms with van der Waals surface area (Å²) in [5.41, 5.74) is 0.986. The van der Waals surface area contributed by atoms with E-state index in [1.807, 2.05) is 0 Å². The van der Waals surface area contributed by atoms with E-state index in [0.29, 0.717) is 0 Å². The van der Waals surface area contributed by atoms with Gasteiger partial charge < -0.3 is 18.9 Å². The molecule has 0 aliphatic heterocycles. The van der Waals surface area contributed by atoms with E-state index in [4.69, 9.17) is 18.9 Å². The Morgan fingerprint density at radius 3 is 1.37 bits per heavy atom. The Hall–Kier alpha value is -3.82. The lowest BCUT2D eigenvalue weighted by atomic mass is 10.2. The fourth-order valence-electron chi connectivity index (χ4n) is 1.78. The maximum Gasteiger partial charge on any atom is 0.411 e. The molecule has 0 fully saturated rings. The molecule has 2 N–H and O–H groups in total. The molecule has 0 spiro atoms. The maximum absolute atomic E-state index is 11.9. The number of anilines is 2. The SMILES string of the molecule is C=C(C)C(=O)OCCOC(=O)Nc1ccccc1NC(=O)OCCOC(=O)C(=C)C. The van der Waals surface area contributed by atoms with E-state index in [0.717, 1.165) is 0 Å². The van der Waals surface area contributed by atoms with Crippen molar-refractivity contribution in [2.75, 3.05) is 37.1 Å². The highest BCUT2D eigenvalue weighted by molar-refractivity contribution is 5.95. The van der Waals surface area contributed by atoms with Crippen LogP contribution in [0.3, 0.4) is 0 Å². The van der Waals surface area contributed by atoms with Crippen LogP contribution in [0.1, 0.15) is 13.8 Å². The van der Waals surface area contributed by atoms with Crippen molar-refractivity contribution in [3.8, 4) is 0 Å². The molecule has 162 valence electrons. The summed E-state index contributed by atoms with van der Waals surface area (Å²) >= 11 is 0. The first-order valence-corrected chi connectivity index (χ1v) is 8.82. The lowest BCUT2D eigenvalue weighted by Gasteiger charge is -2.13. The summed E-state index contributed by atoms with van der Waals surface area (Å²) in [4.78, 5) is 46.2. The molecule has 0 atom stereocenters. The Balaban J connectivity index is 2.43. The number of carbonyl (C=O) groups excluding carboxylic acids is 4. The summed E-state index contributed by atoms with van der Waals surface area (Å²) in [5, 5.41) is 4.91. The van der Waals surface area contributed by atoms with Gasteiger partial charge in [0.1, 0.15) is 26.4 Å². The number of ether oxygens (including phenoxy) is 4. The highest BCUT2D eigenvalue weighted by Crippen LogP contribution is 2.21. The van der Waals surface area contributed by atoms with Crippen molar-refractivity contribution in [2.45, 2.75) is 13.8 Å². The largest absolute Gasteiger partial charge is 0.459 e. The molecule has 1 aromatic carbocycles. The van der Waals surface area contributed by atoms with Gasteiger partial charge in [0.05, 0.1) is 11.4 Å². The molecule has 0 unspecified atom stereocenters. The highest BCUT2D eigenvalue weighted by atomic mass is 16.6. The molecule has 0 saturated carbocycles. The summed E-state index contributed by atoms with van der Waals surface area (Å²) in [6.07, 6.45) is -1.62. The van der Waals surface area contributed by atoms with E-state index in [1.165, 1.54) is 26.0 Å². The first-order chi connectivity index (χ1) is 14.2. The van der Waals surface area contributed by atoms with Crippen LogP contribution in [-0.2, 0) is 28.5 Å². The topological polar surface area (TPSA) is 129 Å². The van der Waals surface area contributed by atoms with E-state index in [1.54, 1.807) is 12.1 Å². The van der Waals surface area contributed by atoms with Crippen molar-refractivity contribution in [1.29, 1.82) is 0 Å². The van der Waals surface area contributed by atoms with Crippen LogP contribution >= 0.6 is 0 Å². The predicted molar refractivity (Wildman–Crippen MR) is 108 cm³/mol. The summed E-state index contributed by atoms with van der Waals surface area (Å²) in [6.45, 7) is 9.29. The van der Waals surface area contributed by atoms with Gasteiger partial charge in [-0.25, -0.2) is 19.2 Å². The average Bonchev–Trinajstić information content (AvgIpc) is 2.69. The fourth-order valence-corrected chi connectivity index (χ4v) is 1.78. The molecule has 1 aromatic rings. The van der Waals surface area contributed by atoms with Crippen molar-refractivity contribution in [3.63, 3.8) is 0 Å². The number of para-hydroxylation sites is 2. The van der Waals surface area contributed by atoms with Gasteiger partial charge in [0, 0.05) is 11.1 Å². The van der Waals surface area contributed by atoms with Gasteiger partial charge in [0.15, 0.2) is 0 Å². The van der Waals surface area contributed by atoms with Crippen LogP contribution in [0.4, 0.5) is 21.0 Å². The zero-order valence-corrected chi connectivity index (χ0v) is 16.8. The van der Waals surface area contributed by atoms with Crippen LogP contribution in [0.15, 0.2) is 48.6 Å². The molecular formula is C20H24N2O8. The summed E-state index contributed by atoms with van der Waals surface area (Å²) in [7, 11) is 0. The van der Waals surface area contributed by atoms with Gasteiger partial charge in [-0.15, -0.1) is 0 Å². The number of amides is 2. The number of hydrogen-bond donors (Lipinski definition) is 2. The third-order valence-corrected chi connectivity index (χ3v) is 3.20. The molecule has 0 aliphatic rings. The van der Waals surface area contributed by atoms with Gasteiger partial charge in [-0.1, -0.05) is 25.3 Å². The Morgan fingerprint density at radius 2 is 1.03 bits per heavy atom. The van der Waals surface area contributed by atoms with E-state index in [9.17, 15) is 19.2 Å². The van der Waals surface area contributed by atoms with Crippen LogP contribution in [0.25, 0.3) is 0 Å². The summed E-state index contributed by atoms with van der Waals surface area (Å²) in [6, 6.07) is 6.34. The van der Waals surface area contributed by atoms with Gasteiger partial charge in [0.2, 0.25) is 0 Å². The quantitative estimate of drug-likeness (QED) is 0.256. The molecule has 1 rings (SSSR count). The fraction of sp³-hybridized carbons (Fsp3) is 0.300. The smallest absolute Gasteiger partial charge is 0.411 e. The van der Waals surface area contributed by atoms with E-state index in [-0.39, 0.29) is 48.9 Å². The maximum atomic E-state index is 11.9. The van der Waals surface area contributed by atoms with Gasteiger partial charge in [0.25, 0.3) is 0 Å².